The SMILES string of the molecule is CCCC(=NS(=O)C(C)(C)C)c1cc(F)ccc1Br. The van der Waals surface area contributed by atoms with Crippen LogP contribution in [-0.4, -0.2) is 14.7 Å². The average molecular weight is 348 g/mol. The molecule has 1 aromatic carbocycles. The van der Waals surface area contributed by atoms with Gasteiger partial charge in [0.1, 0.15) is 16.8 Å². The highest BCUT2D eigenvalue weighted by Gasteiger charge is 2.20. The van der Waals surface area contributed by atoms with E-state index in [2.05, 4.69) is 20.3 Å². The van der Waals surface area contributed by atoms with Gasteiger partial charge in [0.2, 0.25) is 0 Å². The normalized spacial score (nSPS) is 14.5. The summed E-state index contributed by atoms with van der Waals surface area (Å²) in [6, 6.07) is 4.46. The summed E-state index contributed by atoms with van der Waals surface area (Å²) in [5.74, 6) is -0.316. The van der Waals surface area contributed by atoms with E-state index in [1.54, 1.807) is 6.07 Å². The fourth-order valence-corrected chi connectivity index (χ4v) is 2.56. The Hall–Kier alpha value is -0.550. The second-order valence-electron chi connectivity index (χ2n) is 5.27. The summed E-state index contributed by atoms with van der Waals surface area (Å²) in [4.78, 5) is 0. The minimum atomic E-state index is -1.34. The Bertz CT molecular complexity index is 509. The van der Waals surface area contributed by atoms with Crippen molar-refractivity contribution in [3.05, 3.63) is 34.1 Å². The van der Waals surface area contributed by atoms with Gasteiger partial charge in [-0.3, -0.25) is 0 Å². The average Bonchev–Trinajstić information content (AvgIpc) is 2.30. The summed E-state index contributed by atoms with van der Waals surface area (Å²) >= 11 is 3.39. The fraction of sp³-hybridized carbons (Fsp3) is 0.500. The van der Waals surface area contributed by atoms with Crippen LogP contribution in [0.25, 0.3) is 0 Å². The van der Waals surface area contributed by atoms with E-state index in [0.29, 0.717) is 17.7 Å². The molecule has 1 unspecified atom stereocenters. The molecular weight excluding hydrogens is 329 g/mol. The highest BCUT2D eigenvalue weighted by atomic mass is 79.9. The summed E-state index contributed by atoms with van der Waals surface area (Å²) < 4.78 is 30.2. The molecule has 0 amide bonds. The van der Waals surface area contributed by atoms with Gasteiger partial charge in [-0.1, -0.05) is 29.3 Å². The molecule has 0 N–H and O–H groups in total. The number of nitrogens with zero attached hydrogens (tertiary/aromatic N) is 1. The lowest BCUT2D eigenvalue weighted by Gasteiger charge is -2.15. The van der Waals surface area contributed by atoms with Crippen LogP contribution in [0.3, 0.4) is 0 Å². The van der Waals surface area contributed by atoms with E-state index in [0.717, 1.165) is 10.9 Å². The highest BCUT2D eigenvalue weighted by molar-refractivity contribution is 9.10. The third-order valence-corrected chi connectivity index (χ3v) is 4.57. The molecule has 19 heavy (non-hydrogen) atoms. The topological polar surface area (TPSA) is 29.4 Å². The first-order valence-corrected chi connectivity index (χ1v) is 8.10. The van der Waals surface area contributed by atoms with Gasteiger partial charge in [-0.2, -0.15) is 4.40 Å². The molecule has 1 rings (SSSR count). The van der Waals surface area contributed by atoms with Crippen LogP contribution in [0.4, 0.5) is 4.39 Å². The van der Waals surface area contributed by atoms with Gasteiger partial charge in [0, 0.05) is 10.0 Å². The third-order valence-electron chi connectivity index (χ3n) is 2.44. The van der Waals surface area contributed by atoms with Crippen molar-refractivity contribution in [3.8, 4) is 0 Å². The second-order valence-corrected chi connectivity index (χ2v) is 8.03. The van der Waals surface area contributed by atoms with Gasteiger partial charge >= 0.3 is 0 Å². The molecule has 1 atom stereocenters. The summed E-state index contributed by atoms with van der Waals surface area (Å²) in [6.07, 6.45) is 1.53. The molecule has 0 fully saturated rings. The molecule has 106 valence electrons. The van der Waals surface area contributed by atoms with Crippen LogP contribution in [0.1, 0.15) is 46.1 Å². The van der Waals surface area contributed by atoms with Gasteiger partial charge in [0.15, 0.2) is 0 Å². The lowest BCUT2D eigenvalue weighted by molar-refractivity contribution is 0.627. The maximum atomic E-state index is 13.4. The first-order valence-electron chi connectivity index (χ1n) is 6.20. The first-order chi connectivity index (χ1) is 8.75. The van der Waals surface area contributed by atoms with Crippen molar-refractivity contribution in [2.24, 2.45) is 4.40 Å². The number of hydrogen-bond donors (Lipinski definition) is 0. The van der Waals surface area contributed by atoms with Crippen LogP contribution in [0.5, 0.6) is 0 Å². The fourth-order valence-electron chi connectivity index (χ4n) is 1.42. The Morgan fingerprint density at radius 3 is 2.58 bits per heavy atom. The van der Waals surface area contributed by atoms with Crippen LogP contribution in [0.2, 0.25) is 0 Å². The van der Waals surface area contributed by atoms with E-state index in [9.17, 15) is 8.60 Å². The lowest BCUT2D eigenvalue weighted by Crippen LogP contribution is -2.21. The smallest absolute Gasteiger partial charge is 0.145 e. The van der Waals surface area contributed by atoms with Crippen LogP contribution in [0.15, 0.2) is 27.1 Å². The third kappa shape index (κ3) is 4.80. The Kier molecular flexibility index (Phi) is 5.86. The van der Waals surface area contributed by atoms with Crippen LogP contribution in [0, 0.1) is 5.82 Å². The maximum absolute atomic E-state index is 13.4. The molecular formula is C14H19BrFNOS. The number of halogens is 2. The summed E-state index contributed by atoms with van der Waals surface area (Å²) in [7, 11) is -1.34. The van der Waals surface area contributed by atoms with E-state index in [-0.39, 0.29) is 5.82 Å². The minimum Gasteiger partial charge on any atom is -0.234 e. The highest BCUT2D eigenvalue weighted by Crippen LogP contribution is 2.22. The van der Waals surface area contributed by atoms with E-state index in [1.807, 2.05) is 27.7 Å². The standard InChI is InChI=1S/C14H19BrFNOS/c1-5-6-13(17-19(18)14(2,3)4)11-9-10(16)7-8-12(11)15/h7-9H,5-6H2,1-4H3. The largest absolute Gasteiger partial charge is 0.234 e. The quantitative estimate of drug-likeness (QED) is 0.729. The lowest BCUT2D eigenvalue weighted by atomic mass is 10.1. The zero-order valence-corrected chi connectivity index (χ0v) is 14.1. The van der Waals surface area contributed by atoms with Crippen molar-refractivity contribution >= 4 is 32.6 Å². The van der Waals surface area contributed by atoms with E-state index in [1.165, 1.54) is 12.1 Å². The van der Waals surface area contributed by atoms with Gasteiger partial charge < -0.3 is 0 Å². The molecule has 0 radical (unpaired) electrons. The molecule has 0 aromatic heterocycles. The molecule has 0 heterocycles. The van der Waals surface area contributed by atoms with Gasteiger partial charge in [-0.15, -0.1) is 0 Å². The molecule has 0 aliphatic carbocycles. The van der Waals surface area contributed by atoms with E-state index >= 15 is 0 Å². The van der Waals surface area contributed by atoms with E-state index < -0.39 is 15.7 Å². The van der Waals surface area contributed by atoms with E-state index in [4.69, 9.17) is 0 Å². The minimum absolute atomic E-state index is 0.316. The summed E-state index contributed by atoms with van der Waals surface area (Å²) in [5.41, 5.74) is 1.36. The van der Waals surface area contributed by atoms with Crippen molar-refractivity contribution in [1.29, 1.82) is 0 Å². The molecule has 0 bridgehead atoms. The Morgan fingerprint density at radius 2 is 2.05 bits per heavy atom. The maximum Gasteiger partial charge on any atom is 0.145 e. The van der Waals surface area contributed by atoms with Gasteiger partial charge in [0.05, 0.1) is 10.5 Å². The molecule has 0 aliphatic rings. The zero-order chi connectivity index (χ0) is 14.6. The molecule has 1 aromatic rings. The first kappa shape index (κ1) is 16.5. The molecule has 2 nitrogen and oxygen atoms in total. The van der Waals surface area contributed by atoms with Crippen molar-refractivity contribution in [3.63, 3.8) is 0 Å². The van der Waals surface area contributed by atoms with Gasteiger partial charge in [-0.05, 0) is 45.4 Å². The van der Waals surface area contributed by atoms with Crippen molar-refractivity contribution in [1.82, 2.24) is 0 Å². The monoisotopic (exact) mass is 347 g/mol. The molecule has 0 spiro atoms. The zero-order valence-electron chi connectivity index (χ0n) is 11.7. The van der Waals surface area contributed by atoms with Crippen molar-refractivity contribution in [2.45, 2.75) is 45.3 Å². The predicted octanol–water partition coefficient (Wildman–Crippen LogP) is 4.64. The number of rotatable bonds is 4. The van der Waals surface area contributed by atoms with Crippen LogP contribution >= 0.6 is 15.9 Å². The van der Waals surface area contributed by atoms with Crippen molar-refractivity contribution < 1.29 is 8.60 Å². The summed E-state index contributed by atoms with van der Waals surface area (Å²) in [6.45, 7) is 7.63. The predicted molar refractivity (Wildman–Crippen MR) is 83.4 cm³/mol. The van der Waals surface area contributed by atoms with Gasteiger partial charge in [0.25, 0.3) is 0 Å². The Balaban J connectivity index is 3.24. The van der Waals surface area contributed by atoms with Gasteiger partial charge in [-0.25, -0.2) is 8.60 Å². The number of hydrogen-bond acceptors (Lipinski definition) is 1. The molecule has 0 saturated heterocycles. The molecule has 0 saturated carbocycles. The summed E-state index contributed by atoms with van der Waals surface area (Å²) in [5, 5.41) is 0. The number of benzene rings is 1. The van der Waals surface area contributed by atoms with Crippen LogP contribution in [-0.2, 0) is 11.0 Å². The Morgan fingerprint density at radius 1 is 1.42 bits per heavy atom. The Labute approximate surface area is 125 Å². The molecule has 0 aliphatic heterocycles. The molecule has 5 heteroatoms. The van der Waals surface area contributed by atoms with Crippen LogP contribution < -0.4 is 0 Å². The van der Waals surface area contributed by atoms with Crippen molar-refractivity contribution in [2.75, 3.05) is 0 Å². The second kappa shape index (κ2) is 6.75.